The summed E-state index contributed by atoms with van der Waals surface area (Å²) in [5.74, 6) is 11.6. The van der Waals surface area contributed by atoms with E-state index in [2.05, 4.69) is 30.6 Å². The second kappa shape index (κ2) is 10.0. The van der Waals surface area contributed by atoms with Gasteiger partial charge in [0.25, 0.3) is 0 Å². The molecule has 0 amide bonds. The second-order valence-corrected chi connectivity index (χ2v) is 4.21. The van der Waals surface area contributed by atoms with Crippen LogP contribution in [0, 0.1) is 23.7 Å². The molecule has 1 aromatic carbocycles. The molecule has 0 saturated heterocycles. The molecular formula is C18H20O. The number of rotatable bonds is 4. The SMILES string of the molecule is CCCCCC#C/C=C\C#CC(O)c1ccccc1. The van der Waals surface area contributed by atoms with E-state index in [1.165, 1.54) is 12.8 Å². The van der Waals surface area contributed by atoms with E-state index in [9.17, 15) is 5.11 Å². The van der Waals surface area contributed by atoms with Gasteiger partial charge in [0, 0.05) is 6.42 Å². The summed E-state index contributed by atoms with van der Waals surface area (Å²) in [4.78, 5) is 0. The summed E-state index contributed by atoms with van der Waals surface area (Å²) in [5.41, 5.74) is 0.814. The zero-order chi connectivity index (χ0) is 13.8. The van der Waals surface area contributed by atoms with Gasteiger partial charge >= 0.3 is 0 Å². The van der Waals surface area contributed by atoms with Crippen LogP contribution in [0.4, 0.5) is 0 Å². The molecule has 0 bridgehead atoms. The molecule has 19 heavy (non-hydrogen) atoms. The number of hydrogen-bond acceptors (Lipinski definition) is 1. The molecular weight excluding hydrogens is 232 g/mol. The fourth-order valence-electron chi connectivity index (χ4n) is 1.52. The van der Waals surface area contributed by atoms with Crippen molar-refractivity contribution in [2.45, 2.75) is 38.7 Å². The van der Waals surface area contributed by atoms with Crippen molar-refractivity contribution in [3.8, 4) is 23.7 Å². The highest BCUT2D eigenvalue weighted by molar-refractivity contribution is 5.30. The minimum Gasteiger partial charge on any atom is -0.376 e. The predicted molar refractivity (Wildman–Crippen MR) is 80.2 cm³/mol. The van der Waals surface area contributed by atoms with Gasteiger partial charge in [0.2, 0.25) is 0 Å². The van der Waals surface area contributed by atoms with Crippen LogP contribution in [0.1, 0.15) is 44.3 Å². The van der Waals surface area contributed by atoms with Crippen LogP contribution in [0.15, 0.2) is 42.5 Å². The standard InChI is InChI=1S/C18H20O/c1-2-3-4-5-6-7-8-9-13-16-18(19)17-14-11-10-12-15-17/h8-12,14-15,18-19H,2-5H2,1H3/b9-8-. The predicted octanol–water partition coefficient (Wildman–Crippen LogP) is 3.86. The van der Waals surface area contributed by atoms with Crippen molar-refractivity contribution in [2.75, 3.05) is 0 Å². The Balaban J connectivity index is 2.34. The molecule has 1 rings (SSSR count). The van der Waals surface area contributed by atoms with E-state index in [1.807, 2.05) is 30.3 Å². The summed E-state index contributed by atoms with van der Waals surface area (Å²) >= 11 is 0. The van der Waals surface area contributed by atoms with Gasteiger partial charge in [-0.25, -0.2) is 0 Å². The number of aliphatic hydroxyl groups is 1. The molecule has 0 aromatic heterocycles. The Labute approximate surface area is 116 Å². The van der Waals surface area contributed by atoms with Crippen LogP contribution in [0.3, 0.4) is 0 Å². The quantitative estimate of drug-likeness (QED) is 0.637. The third-order valence-corrected chi connectivity index (χ3v) is 2.59. The van der Waals surface area contributed by atoms with Gasteiger partial charge < -0.3 is 5.11 Å². The van der Waals surface area contributed by atoms with Crippen molar-refractivity contribution in [3.63, 3.8) is 0 Å². The molecule has 0 aliphatic heterocycles. The Morgan fingerprint density at radius 1 is 1.11 bits per heavy atom. The first-order valence-electron chi connectivity index (χ1n) is 6.72. The van der Waals surface area contributed by atoms with Gasteiger partial charge in [-0.05, 0) is 24.1 Å². The number of benzene rings is 1. The van der Waals surface area contributed by atoms with Crippen molar-refractivity contribution in [1.29, 1.82) is 0 Å². The van der Waals surface area contributed by atoms with Crippen LogP contribution in [0.5, 0.6) is 0 Å². The van der Waals surface area contributed by atoms with Crippen molar-refractivity contribution in [1.82, 2.24) is 0 Å². The lowest BCUT2D eigenvalue weighted by Gasteiger charge is -2.01. The van der Waals surface area contributed by atoms with E-state index in [0.717, 1.165) is 18.4 Å². The van der Waals surface area contributed by atoms with Gasteiger partial charge in [-0.1, -0.05) is 73.8 Å². The highest BCUT2D eigenvalue weighted by Crippen LogP contribution is 2.09. The Morgan fingerprint density at radius 3 is 2.58 bits per heavy atom. The zero-order valence-corrected chi connectivity index (χ0v) is 11.4. The lowest BCUT2D eigenvalue weighted by Crippen LogP contribution is -1.91. The third kappa shape index (κ3) is 7.14. The highest BCUT2D eigenvalue weighted by Gasteiger charge is 1.99. The number of aliphatic hydroxyl groups excluding tert-OH is 1. The topological polar surface area (TPSA) is 20.2 Å². The van der Waals surface area contributed by atoms with Gasteiger partial charge in [0.05, 0.1) is 0 Å². The number of unbranched alkanes of at least 4 members (excludes halogenated alkanes) is 3. The average molecular weight is 252 g/mol. The molecule has 1 N–H and O–H groups in total. The molecule has 0 radical (unpaired) electrons. The minimum absolute atomic E-state index is 0.733. The fraction of sp³-hybridized carbons (Fsp3) is 0.333. The average Bonchev–Trinajstić information content (AvgIpc) is 2.46. The Kier molecular flexibility index (Phi) is 7.95. The fourth-order valence-corrected chi connectivity index (χ4v) is 1.52. The van der Waals surface area contributed by atoms with Crippen molar-refractivity contribution < 1.29 is 5.11 Å². The number of allylic oxidation sites excluding steroid dienone is 2. The summed E-state index contributed by atoms with van der Waals surface area (Å²) in [6, 6.07) is 9.40. The van der Waals surface area contributed by atoms with E-state index >= 15 is 0 Å². The normalized spacial score (nSPS) is 11.3. The molecule has 1 atom stereocenters. The molecule has 0 spiro atoms. The van der Waals surface area contributed by atoms with Crippen LogP contribution in [0.25, 0.3) is 0 Å². The molecule has 0 aliphatic rings. The molecule has 0 fully saturated rings. The van der Waals surface area contributed by atoms with Gasteiger partial charge in [-0.2, -0.15) is 0 Å². The maximum atomic E-state index is 9.78. The maximum absolute atomic E-state index is 9.78. The first-order valence-corrected chi connectivity index (χ1v) is 6.72. The largest absolute Gasteiger partial charge is 0.376 e. The highest BCUT2D eigenvalue weighted by atomic mass is 16.3. The first kappa shape index (κ1) is 15.1. The van der Waals surface area contributed by atoms with E-state index < -0.39 is 6.10 Å². The Bertz CT molecular complexity index is 491. The summed E-state index contributed by atoms with van der Waals surface area (Å²) in [6.45, 7) is 2.18. The van der Waals surface area contributed by atoms with E-state index in [0.29, 0.717) is 0 Å². The molecule has 0 heterocycles. The van der Waals surface area contributed by atoms with Crippen LogP contribution < -0.4 is 0 Å². The first-order chi connectivity index (χ1) is 9.34. The van der Waals surface area contributed by atoms with Crippen LogP contribution in [-0.2, 0) is 0 Å². The van der Waals surface area contributed by atoms with Gasteiger partial charge in [0.15, 0.2) is 0 Å². The van der Waals surface area contributed by atoms with E-state index in [-0.39, 0.29) is 0 Å². The smallest absolute Gasteiger partial charge is 0.140 e. The van der Waals surface area contributed by atoms with E-state index in [4.69, 9.17) is 0 Å². The number of hydrogen-bond donors (Lipinski definition) is 1. The summed E-state index contributed by atoms with van der Waals surface area (Å²) < 4.78 is 0. The van der Waals surface area contributed by atoms with Crippen molar-refractivity contribution in [2.24, 2.45) is 0 Å². The Morgan fingerprint density at radius 2 is 1.84 bits per heavy atom. The molecule has 0 aliphatic carbocycles. The van der Waals surface area contributed by atoms with Crippen LogP contribution >= 0.6 is 0 Å². The summed E-state index contributed by atoms with van der Waals surface area (Å²) in [7, 11) is 0. The molecule has 98 valence electrons. The van der Waals surface area contributed by atoms with Crippen LogP contribution in [-0.4, -0.2) is 5.11 Å². The van der Waals surface area contributed by atoms with Crippen molar-refractivity contribution >= 4 is 0 Å². The maximum Gasteiger partial charge on any atom is 0.140 e. The van der Waals surface area contributed by atoms with E-state index in [1.54, 1.807) is 12.2 Å². The van der Waals surface area contributed by atoms with Gasteiger partial charge in [0.1, 0.15) is 6.10 Å². The zero-order valence-electron chi connectivity index (χ0n) is 11.4. The van der Waals surface area contributed by atoms with Gasteiger partial charge in [-0.3, -0.25) is 0 Å². The summed E-state index contributed by atoms with van der Waals surface area (Å²) in [6.07, 6.45) is 7.24. The van der Waals surface area contributed by atoms with Crippen LogP contribution in [0.2, 0.25) is 0 Å². The monoisotopic (exact) mass is 252 g/mol. The second-order valence-electron chi connectivity index (χ2n) is 4.21. The molecule has 1 nitrogen and oxygen atoms in total. The molecule has 1 unspecified atom stereocenters. The Hall–Kier alpha value is -1.96. The molecule has 0 saturated carbocycles. The molecule has 1 aromatic rings. The summed E-state index contributed by atoms with van der Waals surface area (Å²) in [5, 5.41) is 9.78. The third-order valence-electron chi connectivity index (χ3n) is 2.59. The minimum atomic E-state index is -0.733. The lowest BCUT2D eigenvalue weighted by molar-refractivity contribution is 0.238. The molecule has 1 heteroatoms. The lowest BCUT2D eigenvalue weighted by atomic mass is 10.1. The van der Waals surface area contributed by atoms with Gasteiger partial charge in [-0.15, -0.1) is 0 Å². The van der Waals surface area contributed by atoms with Crippen molar-refractivity contribution in [3.05, 3.63) is 48.0 Å².